The minimum absolute atomic E-state index is 0.233. The van der Waals surface area contributed by atoms with Gasteiger partial charge in [-0.05, 0) is 24.6 Å². The molecule has 2 aromatic rings. The fourth-order valence-electron chi connectivity index (χ4n) is 1.43. The van der Waals surface area contributed by atoms with Crippen LogP contribution in [0.15, 0.2) is 40.8 Å². The van der Waals surface area contributed by atoms with Gasteiger partial charge in [0.15, 0.2) is 23.5 Å². The number of hydrogen-bond donors (Lipinski definition) is 0. The SMILES string of the molecule is CCCOc1ccccc1Oc1ccc(C=O)o1. The Hall–Kier alpha value is -2.23. The fraction of sp³-hybridized carbons (Fsp3) is 0.214. The van der Waals surface area contributed by atoms with E-state index in [4.69, 9.17) is 13.9 Å². The molecule has 0 aliphatic carbocycles. The van der Waals surface area contributed by atoms with Crippen LogP contribution in [0.4, 0.5) is 0 Å². The van der Waals surface area contributed by atoms with Crippen molar-refractivity contribution in [3.63, 3.8) is 0 Å². The van der Waals surface area contributed by atoms with Crippen LogP contribution in [0.1, 0.15) is 23.9 Å². The van der Waals surface area contributed by atoms with Crippen molar-refractivity contribution in [1.82, 2.24) is 0 Å². The Bertz CT molecular complexity index is 516. The maximum absolute atomic E-state index is 10.5. The summed E-state index contributed by atoms with van der Waals surface area (Å²) in [6.07, 6.45) is 1.55. The molecule has 1 aromatic carbocycles. The van der Waals surface area contributed by atoms with Gasteiger partial charge in [0.05, 0.1) is 6.61 Å². The number of hydrogen-bond acceptors (Lipinski definition) is 4. The van der Waals surface area contributed by atoms with Crippen LogP contribution in [-0.2, 0) is 0 Å². The molecule has 1 heterocycles. The summed E-state index contributed by atoms with van der Waals surface area (Å²) < 4.78 is 16.2. The molecule has 0 saturated carbocycles. The van der Waals surface area contributed by atoms with Crippen LogP contribution in [0.5, 0.6) is 17.4 Å². The van der Waals surface area contributed by atoms with Crippen LogP contribution in [-0.4, -0.2) is 12.9 Å². The monoisotopic (exact) mass is 246 g/mol. The highest BCUT2D eigenvalue weighted by Gasteiger charge is 2.08. The van der Waals surface area contributed by atoms with Gasteiger partial charge in [0, 0.05) is 6.07 Å². The molecule has 4 nitrogen and oxygen atoms in total. The minimum atomic E-state index is 0.233. The third-order valence-electron chi connectivity index (χ3n) is 2.24. The van der Waals surface area contributed by atoms with Crippen LogP contribution in [0.2, 0.25) is 0 Å². The van der Waals surface area contributed by atoms with Crippen LogP contribution in [0.25, 0.3) is 0 Å². The summed E-state index contributed by atoms with van der Waals surface area (Å²) in [6.45, 7) is 2.66. The van der Waals surface area contributed by atoms with Crippen molar-refractivity contribution in [2.24, 2.45) is 0 Å². The zero-order chi connectivity index (χ0) is 12.8. The molecule has 0 bridgehead atoms. The largest absolute Gasteiger partial charge is 0.490 e. The molecule has 0 unspecified atom stereocenters. The normalized spacial score (nSPS) is 10.1. The van der Waals surface area contributed by atoms with Gasteiger partial charge in [-0.2, -0.15) is 0 Å². The van der Waals surface area contributed by atoms with E-state index < -0.39 is 0 Å². The smallest absolute Gasteiger partial charge is 0.290 e. The summed E-state index contributed by atoms with van der Waals surface area (Å²) in [5.74, 6) is 1.72. The maximum Gasteiger partial charge on any atom is 0.290 e. The first-order valence-electron chi connectivity index (χ1n) is 5.78. The molecule has 0 fully saturated rings. The zero-order valence-corrected chi connectivity index (χ0v) is 10.1. The second-order valence-electron chi connectivity index (χ2n) is 3.67. The summed E-state index contributed by atoms with van der Waals surface area (Å²) in [5.41, 5.74) is 0. The number of para-hydroxylation sites is 2. The summed E-state index contributed by atoms with van der Waals surface area (Å²) in [5, 5.41) is 0. The van der Waals surface area contributed by atoms with E-state index in [9.17, 15) is 4.79 Å². The number of benzene rings is 1. The first-order chi connectivity index (χ1) is 8.83. The average Bonchev–Trinajstić information content (AvgIpc) is 2.85. The van der Waals surface area contributed by atoms with Crippen LogP contribution < -0.4 is 9.47 Å². The summed E-state index contributed by atoms with van der Waals surface area (Å²) in [6, 6.07) is 10.5. The van der Waals surface area contributed by atoms with Gasteiger partial charge in [0.25, 0.3) is 5.95 Å². The Labute approximate surface area is 105 Å². The van der Waals surface area contributed by atoms with E-state index in [0.717, 1.165) is 6.42 Å². The number of aldehydes is 1. The number of ether oxygens (including phenoxy) is 2. The zero-order valence-electron chi connectivity index (χ0n) is 10.1. The quantitative estimate of drug-likeness (QED) is 0.729. The van der Waals surface area contributed by atoms with Gasteiger partial charge in [-0.15, -0.1) is 0 Å². The van der Waals surface area contributed by atoms with E-state index in [2.05, 4.69) is 0 Å². The van der Waals surface area contributed by atoms with E-state index in [-0.39, 0.29) is 11.7 Å². The molecule has 0 saturated heterocycles. The molecular weight excluding hydrogens is 232 g/mol. The van der Waals surface area contributed by atoms with Gasteiger partial charge in [0.1, 0.15) is 0 Å². The van der Waals surface area contributed by atoms with E-state index in [1.54, 1.807) is 18.2 Å². The molecular formula is C14H14O4. The van der Waals surface area contributed by atoms with Gasteiger partial charge < -0.3 is 13.9 Å². The number of rotatable bonds is 6. The minimum Gasteiger partial charge on any atom is -0.490 e. The summed E-state index contributed by atoms with van der Waals surface area (Å²) in [7, 11) is 0. The lowest BCUT2D eigenvalue weighted by molar-refractivity contribution is 0.109. The van der Waals surface area contributed by atoms with E-state index in [1.165, 1.54) is 0 Å². The Morgan fingerprint density at radius 2 is 1.94 bits per heavy atom. The van der Waals surface area contributed by atoms with Gasteiger partial charge in [-0.25, -0.2) is 0 Å². The van der Waals surface area contributed by atoms with Crippen molar-refractivity contribution in [1.29, 1.82) is 0 Å². The highest BCUT2D eigenvalue weighted by Crippen LogP contribution is 2.31. The molecule has 2 rings (SSSR count). The highest BCUT2D eigenvalue weighted by atomic mass is 16.6. The predicted octanol–water partition coefficient (Wildman–Crippen LogP) is 3.67. The first kappa shape index (κ1) is 12.2. The summed E-state index contributed by atoms with van der Waals surface area (Å²) in [4.78, 5) is 10.5. The van der Waals surface area contributed by atoms with E-state index in [1.807, 2.05) is 25.1 Å². The highest BCUT2D eigenvalue weighted by molar-refractivity contribution is 5.70. The van der Waals surface area contributed by atoms with Crippen LogP contribution in [0, 0.1) is 0 Å². The van der Waals surface area contributed by atoms with Gasteiger partial charge >= 0.3 is 0 Å². The van der Waals surface area contributed by atoms with Gasteiger partial charge in [0.2, 0.25) is 0 Å². The Morgan fingerprint density at radius 1 is 1.17 bits per heavy atom. The maximum atomic E-state index is 10.5. The van der Waals surface area contributed by atoms with Crippen molar-refractivity contribution < 1.29 is 18.7 Å². The molecule has 0 atom stereocenters. The van der Waals surface area contributed by atoms with E-state index >= 15 is 0 Å². The molecule has 0 amide bonds. The molecule has 0 aliphatic heterocycles. The molecule has 4 heteroatoms. The number of carbonyl (C=O) groups excluding carboxylic acids is 1. The Kier molecular flexibility index (Phi) is 4.02. The number of carbonyl (C=O) groups is 1. The molecule has 0 radical (unpaired) electrons. The standard InChI is InChI=1S/C14H14O4/c1-2-9-16-12-5-3-4-6-13(12)18-14-8-7-11(10-15)17-14/h3-8,10H,2,9H2,1H3. The summed E-state index contributed by atoms with van der Waals surface area (Å²) >= 11 is 0. The second-order valence-corrected chi connectivity index (χ2v) is 3.67. The van der Waals surface area contributed by atoms with Crippen LogP contribution in [0.3, 0.4) is 0 Å². The topological polar surface area (TPSA) is 48.7 Å². The van der Waals surface area contributed by atoms with Crippen molar-refractivity contribution in [3.8, 4) is 17.4 Å². The van der Waals surface area contributed by atoms with Gasteiger partial charge in [-0.3, -0.25) is 4.79 Å². The fourth-order valence-corrected chi connectivity index (χ4v) is 1.43. The third-order valence-corrected chi connectivity index (χ3v) is 2.24. The van der Waals surface area contributed by atoms with Crippen molar-refractivity contribution in [3.05, 3.63) is 42.2 Å². The lowest BCUT2D eigenvalue weighted by Crippen LogP contribution is -1.96. The Balaban J connectivity index is 2.14. The van der Waals surface area contributed by atoms with Crippen molar-refractivity contribution in [2.75, 3.05) is 6.61 Å². The van der Waals surface area contributed by atoms with Gasteiger partial charge in [-0.1, -0.05) is 19.1 Å². The molecule has 0 aliphatic rings. The number of furan rings is 1. The molecule has 0 spiro atoms. The predicted molar refractivity (Wildman–Crippen MR) is 66.4 cm³/mol. The molecule has 18 heavy (non-hydrogen) atoms. The average molecular weight is 246 g/mol. The second kappa shape index (κ2) is 5.91. The van der Waals surface area contributed by atoms with E-state index in [0.29, 0.717) is 24.4 Å². The first-order valence-corrected chi connectivity index (χ1v) is 5.78. The third kappa shape index (κ3) is 2.91. The molecule has 1 aromatic heterocycles. The van der Waals surface area contributed by atoms with Crippen molar-refractivity contribution >= 4 is 6.29 Å². The molecule has 94 valence electrons. The van der Waals surface area contributed by atoms with Crippen LogP contribution >= 0.6 is 0 Å². The lowest BCUT2D eigenvalue weighted by atomic mass is 10.3. The Morgan fingerprint density at radius 3 is 2.61 bits per heavy atom. The van der Waals surface area contributed by atoms with Crippen molar-refractivity contribution in [2.45, 2.75) is 13.3 Å². The lowest BCUT2D eigenvalue weighted by Gasteiger charge is -2.09. The molecule has 0 N–H and O–H groups in total.